The van der Waals surface area contributed by atoms with Crippen LogP contribution in [0.15, 0.2) is 24.3 Å². The first kappa shape index (κ1) is 15.7. The van der Waals surface area contributed by atoms with Crippen LogP contribution in [0.1, 0.15) is 44.4 Å². The Balaban J connectivity index is 2.25. The topological polar surface area (TPSA) is 41.1 Å². The predicted molar refractivity (Wildman–Crippen MR) is 80.1 cm³/mol. The quantitative estimate of drug-likeness (QED) is 0.793. The molecule has 0 saturated carbocycles. The maximum Gasteiger partial charge on any atom is 0.221 e. The molecule has 1 atom stereocenters. The first-order chi connectivity index (χ1) is 8.99. The molecule has 0 aliphatic carbocycles. The van der Waals surface area contributed by atoms with E-state index in [4.69, 9.17) is 0 Å². The Bertz CT molecular complexity index is 384. The Morgan fingerprint density at radius 3 is 2.37 bits per heavy atom. The van der Waals surface area contributed by atoms with Crippen molar-refractivity contribution in [3.63, 3.8) is 0 Å². The fourth-order valence-corrected chi connectivity index (χ4v) is 1.78. The van der Waals surface area contributed by atoms with E-state index in [0.29, 0.717) is 18.9 Å². The van der Waals surface area contributed by atoms with Gasteiger partial charge in [-0.1, -0.05) is 43.7 Å². The molecular formula is C16H26N2O. The van der Waals surface area contributed by atoms with Crippen LogP contribution in [0.25, 0.3) is 0 Å². The van der Waals surface area contributed by atoms with E-state index in [9.17, 15) is 4.79 Å². The standard InChI is InChI=1S/C16H26N2O/c1-12(2)11-18-16(19)9-10-17-14(4)15-7-5-13(3)6-8-15/h5-8,12,14,17H,9-11H2,1-4H3,(H,18,19). The van der Waals surface area contributed by atoms with Gasteiger partial charge in [-0.15, -0.1) is 0 Å². The van der Waals surface area contributed by atoms with Crippen LogP contribution >= 0.6 is 0 Å². The lowest BCUT2D eigenvalue weighted by Crippen LogP contribution is -2.31. The van der Waals surface area contributed by atoms with Crippen molar-refractivity contribution < 1.29 is 4.79 Å². The summed E-state index contributed by atoms with van der Waals surface area (Å²) >= 11 is 0. The van der Waals surface area contributed by atoms with Crippen molar-refractivity contribution in [2.24, 2.45) is 5.92 Å². The third kappa shape index (κ3) is 6.39. The summed E-state index contributed by atoms with van der Waals surface area (Å²) in [7, 11) is 0. The highest BCUT2D eigenvalue weighted by Gasteiger charge is 2.06. The third-order valence-electron chi connectivity index (χ3n) is 3.09. The van der Waals surface area contributed by atoms with Crippen molar-refractivity contribution in [3.8, 4) is 0 Å². The molecule has 1 aromatic rings. The molecule has 0 aromatic heterocycles. The van der Waals surface area contributed by atoms with Crippen LogP contribution in [-0.4, -0.2) is 19.0 Å². The van der Waals surface area contributed by atoms with E-state index in [-0.39, 0.29) is 11.9 Å². The van der Waals surface area contributed by atoms with Crippen LogP contribution < -0.4 is 10.6 Å². The van der Waals surface area contributed by atoms with Crippen molar-refractivity contribution in [2.45, 2.75) is 40.2 Å². The van der Waals surface area contributed by atoms with E-state index in [2.05, 4.69) is 62.6 Å². The summed E-state index contributed by atoms with van der Waals surface area (Å²) in [6.45, 7) is 9.86. The highest BCUT2D eigenvalue weighted by Crippen LogP contribution is 2.12. The highest BCUT2D eigenvalue weighted by atomic mass is 16.1. The molecule has 0 radical (unpaired) electrons. The summed E-state index contributed by atoms with van der Waals surface area (Å²) < 4.78 is 0. The molecule has 0 aliphatic rings. The van der Waals surface area contributed by atoms with Gasteiger partial charge in [0, 0.05) is 25.6 Å². The molecule has 19 heavy (non-hydrogen) atoms. The Hall–Kier alpha value is -1.35. The lowest BCUT2D eigenvalue weighted by atomic mass is 10.1. The van der Waals surface area contributed by atoms with Crippen LogP contribution in [0.4, 0.5) is 0 Å². The molecule has 0 heterocycles. The van der Waals surface area contributed by atoms with Gasteiger partial charge in [-0.2, -0.15) is 0 Å². The van der Waals surface area contributed by atoms with E-state index >= 15 is 0 Å². The van der Waals surface area contributed by atoms with Gasteiger partial charge in [0.05, 0.1) is 0 Å². The number of nitrogens with one attached hydrogen (secondary N) is 2. The van der Waals surface area contributed by atoms with Gasteiger partial charge in [-0.25, -0.2) is 0 Å². The van der Waals surface area contributed by atoms with Crippen molar-refractivity contribution in [2.75, 3.05) is 13.1 Å². The van der Waals surface area contributed by atoms with Gasteiger partial charge >= 0.3 is 0 Å². The average Bonchev–Trinajstić information content (AvgIpc) is 2.37. The average molecular weight is 262 g/mol. The third-order valence-corrected chi connectivity index (χ3v) is 3.09. The molecule has 0 fully saturated rings. The van der Waals surface area contributed by atoms with Gasteiger partial charge in [0.15, 0.2) is 0 Å². The van der Waals surface area contributed by atoms with Crippen LogP contribution in [0.3, 0.4) is 0 Å². The maximum atomic E-state index is 11.6. The van der Waals surface area contributed by atoms with Crippen molar-refractivity contribution in [1.82, 2.24) is 10.6 Å². The van der Waals surface area contributed by atoms with Gasteiger partial charge in [0.1, 0.15) is 0 Å². The molecule has 0 bridgehead atoms. The van der Waals surface area contributed by atoms with Crippen molar-refractivity contribution in [1.29, 1.82) is 0 Å². The normalized spacial score (nSPS) is 12.5. The smallest absolute Gasteiger partial charge is 0.221 e. The second kappa shape index (κ2) is 7.95. The second-order valence-electron chi connectivity index (χ2n) is 5.53. The number of amides is 1. The Labute approximate surface area is 116 Å². The molecule has 1 rings (SSSR count). The van der Waals surface area contributed by atoms with Gasteiger partial charge in [-0.3, -0.25) is 4.79 Å². The van der Waals surface area contributed by atoms with Gasteiger partial charge < -0.3 is 10.6 Å². The zero-order valence-electron chi connectivity index (χ0n) is 12.5. The van der Waals surface area contributed by atoms with E-state index < -0.39 is 0 Å². The Morgan fingerprint density at radius 1 is 1.16 bits per heavy atom. The number of carbonyl (C=O) groups excluding carboxylic acids is 1. The second-order valence-corrected chi connectivity index (χ2v) is 5.53. The van der Waals surface area contributed by atoms with E-state index in [1.54, 1.807) is 0 Å². The molecule has 106 valence electrons. The molecule has 3 heteroatoms. The minimum atomic E-state index is 0.123. The molecule has 0 aliphatic heterocycles. The van der Waals surface area contributed by atoms with Crippen LogP contribution in [0, 0.1) is 12.8 Å². The predicted octanol–water partition coefficient (Wildman–Crippen LogP) is 2.81. The summed E-state index contributed by atoms with van der Waals surface area (Å²) in [6.07, 6.45) is 0.531. The molecule has 0 saturated heterocycles. The minimum absolute atomic E-state index is 0.123. The van der Waals surface area contributed by atoms with E-state index in [1.165, 1.54) is 11.1 Å². The number of hydrogen-bond acceptors (Lipinski definition) is 2. The van der Waals surface area contributed by atoms with E-state index in [1.807, 2.05) is 0 Å². The number of aryl methyl sites for hydroxylation is 1. The number of carbonyl (C=O) groups is 1. The molecule has 0 spiro atoms. The summed E-state index contributed by atoms with van der Waals surface area (Å²) in [6, 6.07) is 8.77. The Morgan fingerprint density at radius 2 is 1.79 bits per heavy atom. The minimum Gasteiger partial charge on any atom is -0.356 e. The molecule has 1 unspecified atom stereocenters. The van der Waals surface area contributed by atoms with Crippen LogP contribution in [-0.2, 0) is 4.79 Å². The summed E-state index contributed by atoms with van der Waals surface area (Å²) in [4.78, 5) is 11.6. The Kier molecular flexibility index (Phi) is 6.57. The first-order valence-corrected chi connectivity index (χ1v) is 7.05. The largest absolute Gasteiger partial charge is 0.356 e. The number of hydrogen-bond donors (Lipinski definition) is 2. The number of benzene rings is 1. The summed E-state index contributed by atoms with van der Waals surface area (Å²) in [5, 5.41) is 6.30. The fraction of sp³-hybridized carbons (Fsp3) is 0.562. The maximum absolute atomic E-state index is 11.6. The monoisotopic (exact) mass is 262 g/mol. The SMILES string of the molecule is Cc1ccc(C(C)NCCC(=O)NCC(C)C)cc1. The fourth-order valence-electron chi connectivity index (χ4n) is 1.78. The van der Waals surface area contributed by atoms with Gasteiger partial charge in [0.2, 0.25) is 5.91 Å². The zero-order valence-corrected chi connectivity index (χ0v) is 12.5. The lowest BCUT2D eigenvalue weighted by molar-refractivity contribution is -0.121. The molecule has 1 amide bonds. The van der Waals surface area contributed by atoms with Crippen LogP contribution in [0.2, 0.25) is 0 Å². The van der Waals surface area contributed by atoms with Crippen LogP contribution in [0.5, 0.6) is 0 Å². The van der Waals surface area contributed by atoms with Crippen molar-refractivity contribution in [3.05, 3.63) is 35.4 Å². The molecule has 2 N–H and O–H groups in total. The lowest BCUT2D eigenvalue weighted by Gasteiger charge is -2.14. The molecule has 3 nitrogen and oxygen atoms in total. The van der Waals surface area contributed by atoms with Gasteiger partial charge in [-0.05, 0) is 25.3 Å². The van der Waals surface area contributed by atoms with Crippen molar-refractivity contribution >= 4 is 5.91 Å². The molecule has 1 aromatic carbocycles. The summed E-state index contributed by atoms with van der Waals surface area (Å²) in [5.41, 5.74) is 2.53. The summed E-state index contributed by atoms with van der Waals surface area (Å²) in [5.74, 6) is 0.626. The van der Waals surface area contributed by atoms with E-state index in [0.717, 1.165) is 6.54 Å². The highest BCUT2D eigenvalue weighted by molar-refractivity contribution is 5.76. The van der Waals surface area contributed by atoms with Gasteiger partial charge in [0.25, 0.3) is 0 Å². The number of rotatable bonds is 7. The first-order valence-electron chi connectivity index (χ1n) is 7.05. The molecular weight excluding hydrogens is 236 g/mol. The zero-order chi connectivity index (χ0) is 14.3.